The van der Waals surface area contributed by atoms with Crippen molar-refractivity contribution < 1.29 is 0 Å². The zero-order chi connectivity index (χ0) is 19.2. The van der Waals surface area contributed by atoms with E-state index in [1.807, 2.05) is 0 Å². The number of nitrogens with zero attached hydrogens (tertiary/aromatic N) is 4. The Kier molecular flexibility index (Phi) is 8.43. The van der Waals surface area contributed by atoms with Crippen LogP contribution < -0.4 is 0 Å². The smallest absolute Gasteiger partial charge is 0.0121 e. The topological polar surface area (TPSA) is 13.0 Å². The minimum Gasteiger partial charge on any atom is -0.303 e. The van der Waals surface area contributed by atoms with Gasteiger partial charge in [-0.3, -0.25) is 9.80 Å². The van der Waals surface area contributed by atoms with Crippen LogP contribution in [0, 0.1) is 5.92 Å². The van der Waals surface area contributed by atoms with E-state index in [1.54, 1.807) is 0 Å². The van der Waals surface area contributed by atoms with Gasteiger partial charge in [0.05, 0.1) is 0 Å². The van der Waals surface area contributed by atoms with E-state index < -0.39 is 0 Å². The molecule has 3 aliphatic heterocycles. The van der Waals surface area contributed by atoms with E-state index in [1.165, 1.54) is 97.4 Å². The zero-order valence-electron chi connectivity index (χ0n) is 18.7. The highest BCUT2D eigenvalue weighted by Gasteiger charge is 2.31. The van der Waals surface area contributed by atoms with Gasteiger partial charge >= 0.3 is 0 Å². The summed E-state index contributed by atoms with van der Waals surface area (Å²) in [5.41, 5.74) is 0. The molecular formula is C23H46N4. The molecule has 0 aromatic rings. The monoisotopic (exact) mass is 378 g/mol. The third-order valence-electron chi connectivity index (χ3n) is 7.42. The lowest BCUT2D eigenvalue weighted by Crippen LogP contribution is -2.55. The van der Waals surface area contributed by atoms with Gasteiger partial charge in [-0.25, -0.2) is 0 Å². The van der Waals surface area contributed by atoms with Crippen LogP contribution in [-0.2, 0) is 0 Å². The van der Waals surface area contributed by atoms with Crippen LogP contribution in [0.25, 0.3) is 0 Å². The van der Waals surface area contributed by atoms with Crippen LogP contribution in [0.5, 0.6) is 0 Å². The lowest BCUT2D eigenvalue weighted by atomic mass is 9.96. The zero-order valence-corrected chi connectivity index (χ0v) is 18.7. The van der Waals surface area contributed by atoms with Crippen LogP contribution in [-0.4, -0.2) is 96.6 Å². The molecule has 0 saturated carbocycles. The first-order chi connectivity index (χ1) is 13.0. The molecule has 3 saturated heterocycles. The fraction of sp³-hybridized carbons (Fsp3) is 1.00. The van der Waals surface area contributed by atoms with Gasteiger partial charge in [-0.2, -0.15) is 0 Å². The number of piperidine rings is 2. The first kappa shape index (κ1) is 21.5. The Morgan fingerprint density at radius 2 is 1.19 bits per heavy atom. The SMILES string of the molecule is CC(C)CCCN1CCC(N2CCC(N3CCN(C(C)C)CC3)CC2)CC1. The minimum atomic E-state index is 0.713. The summed E-state index contributed by atoms with van der Waals surface area (Å²) in [7, 11) is 0. The molecule has 4 heteroatoms. The maximum Gasteiger partial charge on any atom is 0.0121 e. The van der Waals surface area contributed by atoms with Gasteiger partial charge in [0.2, 0.25) is 0 Å². The summed E-state index contributed by atoms with van der Waals surface area (Å²) in [6.07, 6.45) is 8.38. The third-order valence-corrected chi connectivity index (χ3v) is 7.42. The number of likely N-dealkylation sites (tertiary alicyclic amines) is 2. The van der Waals surface area contributed by atoms with Crippen molar-refractivity contribution in [2.24, 2.45) is 5.92 Å². The van der Waals surface area contributed by atoms with Gasteiger partial charge in [-0.1, -0.05) is 13.8 Å². The molecule has 0 amide bonds. The van der Waals surface area contributed by atoms with Crippen molar-refractivity contribution in [3.8, 4) is 0 Å². The summed E-state index contributed by atoms with van der Waals surface area (Å²) >= 11 is 0. The summed E-state index contributed by atoms with van der Waals surface area (Å²) in [6.45, 7) is 21.2. The quantitative estimate of drug-likeness (QED) is 0.673. The summed E-state index contributed by atoms with van der Waals surface area (Å²) in [5.74, 6) is 0.859. The number of piperazine rings is 1. The van der Waals surface area contributed by atoms with Gasteiger partial charge in [-0.05, 0) is 91.0 Å². The van der Waals surface area contributed by atoms with Crippen LogP contribution in [0.3, 0.4) is 0 Å². The summed E-state index contributed by atoms with van der Waals surface area (Å²) < 4.78 is 0. The summed E-state index contributed by atoms with van der Waals surface area (Å²) in [4.78, 5) is 11.0. The molecule has 0 unspecified atom stereocenters. The van der Waals surface area contributed by atoms with Crippen LogP contribution in [0.4, 0.5) is 0 Å². The molecule has 3 heterocycles. The van der Waals surface area contributed by atoms with Crippen molar-refractivity contribution in [2.45, 2.75) is 84.3 Å². The van der Waals surface area contributed by atoms with Crippen LogP contribution in [0.2, 0.25) is 0 Å². The molecule has 4 nitrogen and oxygen atoms in total. The predicted octanol–water partition coefficient (Wildman–Crippen LogP) is 3.38. The van der Waals surface area contributed by atoms with Gasteiger partial charge in [-0.15, -0.1) is 0 Å². The number of hydrogen-bond acceptors (Lipinski definition) is 4. The Morgan fingerprint density at radius 1 is 0.667 bits per heavy atom. The van der Waals surface area contributed by atoms with Crippen LogP contribution in [0.15, 0.2) is 0 Å². The van der Waals surface area contributed by atoms with E-state index in [2.05, 4.69) is 47.3 Å². The average molecular weight is 379 g/mol. The highest BCUT2D eigenvalue weighted by molar-refractivity contribution is 4.88. The van der Waals surface area contributed by atoms with E-state index in [4.69, 9.17) is 0 Å². The molecule has 3 fully saturated rings. The van der Waals surface area contributed by atoms with Crippen molar-refractivity contribution in [1.82, 2.24) is 19.6 Å². The molecule has 27 heavy (non-hydrogen) atoms. The molecule has 0 aromatic heterocycles. The minimum absolute atomic E-state index is 0.713. The van der Waals surface area contributed by atoms with Crippen LogP contribution >= 0.6 is 0 Å². The Morgan fingerprint density at radius 3 is 1.70 bits per heavy atom. The Hall–Kier alpha value is -0.160. The number of rotatable bonds is 7. The lowest BCUT2D eigenvalue weighted by Gasteiger charge is -2.46. The van der Waals surface area contributed by atoms with Crippen molar-refractivity contribution in [3.05, 3.63) is 0 Å². The molecule has 0 bridgehead atoms. The Balaban J connectivity index is 1.32. The maximum atomic E-state index is 2.84. The lowest BCUT2D eigenvalue weighted by molar-refractivity contribution is 0.0276. The summed E-state index contributed by atoms with van der Waals surface area (Å²) in [6, 6.07) is 2.43. The molecule has 158 valence electrons. The average Bonchev–Trinajstić information content (AvgIpc) is 2.68. The van der Waals surface area contributed by atoms with Gasteiger partial charge in [0.25, 0.3) is 0 Å². The Labute approximate surface area is 169 Å². The number of hydrogen-bond donors (Lipinski definition) is 0. The van der Waals surface area contributed by atoms with Crippen molar-refractivity contribution in [1.29, 1.82) is 0 Å². The van der Waals surface area contributed by atoms with Gasteiger partial charge in [0.15, 0.2) is 0 Å². The fourth-order valence-corrected chi connectivity index (χ4v) is 5.47. The molecule has 0 radical (unpaired) electrons. The second-order valence-electron chi connectivity index (χ2n) is 10.0. The third kappa shape index (κ3) is 6.42. The molecular weight excluding hydrogens is 332 g/mol. The van der Waals surface area contributed by atoms with Gasteiger partial charge in [0.1, 0.15) is 0 Å². The second-order valence-corrected chi connectivity index (χ2v) is 10.0. The predicted molar refractivity (Wildman–Crippen MR) is 116 cm³/mol. The molecule has 0 aliphatic carbocycles. The molecule has 3 aliphatic rings. The van der Waals surface area contributed by atoms with E-state index in [0.717, 1.165) is 18.0 Å². The van der Waals surface area contributed by atoms with E-state index in [0.29, 0.717) is 6.04 Å². The first-order valence-electron chi connectivity index (χ1n) is 12.0. The van der Waals surface area contributed by atoms with E-state index in [-0.39, 0.29) is 0 Å². The fourth-order valence-electron chi connectivity index (χ4n) is 5.47. The standard InChI is InChI=1S/C23H46N4/c1-20(2)6-5-11-24-12-7-22(8-13-24)26-14-9-23(10-15-26)27-18-16-25(17-19-27)21(3)4/h20-23H,5-19H2,1-4H3. The second kappa shape index (κ2) is 10.6. The van der Waals surface area contributed by atoms with Crippen molar-refractivity contribution in [3.63, 3.8) is 0 Å². The normalized spacial score (nSPS) is 26.4. The van der Waals surface area contributed by atoms with Crippen LogP contribution in [0.1, 0.15) is 66.2 Å². The molecule has 0 N–H and O–H groups in total. The highest BCUT2D eigenvalue weighted by Crippen LogP contribution is 2.24. The maximum absolute atomic E-state index is 2.84. The largest absolute Gasteiger partial charge is 0.303 e. The van der Waals surface area contributed by atoms with Gasteiger partial charge < -0.3 is 9.80 Å². The molecule has 0 spiro atoms. The molecule has 0 atom stereocenters. The highest BCUT2D eigenvalue weighted by atomic mass is 15.3. The van der Waals surface area contributed by atoms with E-state index in [9.17, 15) is 0 Å². The molecule has 3 rings (SSSR count). The van der Waals surface area contributed by atoms with Gasteiger partial charge in [0, 0.05) is 44.3 Å². The van der Waals surface area contributed by atoms with Crippen molar-refractivity contribution >= 4 is 0 Å². The first-order valence-corrected chi connectivity index (χ1v) is 12.0. The van der Waals surface area contributed by atoms with Crippen molar-refractivity contribution in [2.75, 3.05) is 58.9 Å². The summed E-state index contributed by atoms with van der Waals surface area (Å²) in [5, 5.41) is 0. The van der Waals surface area contributed by atoms with E-state index >= 15 is 0 Å². The Bertz CT molecular complexity index is 401. The molecule has 0 aromatic carbocycles.